The molecule has 0 saturated carbocycles. The lowest BCUT2D eigenvalue weighted by Crippen LogP contribution is -2.47. The van der Waals surface area contributed by atoms with Crippen LogP contribution in [0, 0.1) is 18.8 Å². The molecule has 2 fully saturated rings. The van der Waals surface area contributed by atoms with Crippen LogP contribution in [-0.4, -0.2) is 57.6 Å². The number of aromatic nitrogens is 2. The van der Waals surface area contributed by atoms with E-state index in [0.29, 0.717) is 24.3 Å². The molecular weight excluding hydrogens is 433 g/mol. The molecule has 2 aliphatic heterocycles. The van der Waals surface area contributed by atoms with E-state index < -0.39 is 23.3 Å². The van der Waals surface area contributed by atoms with Gasteiger partial charge in [-0.25, -0.2) is 4.68 Å². The van der Waals surface area contributed by atoms with Crippen LogP contribution in [0.2, 0.25) is 0 Å². The molecule has 178 valence electrons. The van der Waals surface area contributed by atoms with Gasteiger partial charge in [0.1, 0.15) is 0 Å². The first-order chi connectivity index (χ1) is 15.7. The molecule has 2 amide bonds. The van der Waals surface area contributed by atoms with Crippen molar-refractivity contribution < 1.29 is 22.8 Å². The molecule has 2 saturated heterocycles. The number of likely N-dealkylation sites (tertiary alicyclic amines) is 2. The first-order valence-corrected chi connectivity index (χ1v) is 11.5. The Morgan fingerprint density at radius 2 is 1.73 bits per heavy atom. The van der Waals surface area contributed by atoms with Crippen LogP contribution in [0.25, 0.3) is 5.69 Å². The summed E-state index contributed by atoms with van der Waals surface area (Å²) in [5, 5.41) is 3.93. The predicted molar refractivity (Wildman–Crippen MR) is 117 cm³/mol. The zero-order chi connectivity index (χ0) is 23.8. The lowest BCUT2D eigenvalue weighted by Gasteiger charge is -2.37. The van der Waals surface area contributed by atoms with Crippen molar-refractivity contribution in [2.45, 2.75) is 45.7 Å². The fourth-order valence-electron chi connectivity index (χ4n) is 4.91. The Morgan fingerprint density at radius 3 is 2.36 bits per heavy atom. The van der Waals surface area contributed by atoms with E-state index in [1.54, 1.807) is 31.2 Å². The van der Waals surface area contributed by atoms with Crippen LogP contribution in [0.4, 0.5) is 13.2 Å². The molecule has 33 heavy (non-hydrogen) atoms. The molecule has 0 radical (unpaired) electrons. The molecule has 1 atom stereocenters. The number of benzene rings is 1. The minimum atomic E-state index is -4.75. The van der Waals surface area contributed by atoms with E-state index in [1.807, 2.05) is 4.90 Å². The van der Waals surface area contributed by atoms with Gasteiger partial charge in [-0.2, -0.15) is 18.3 Å². The Kier molecular flexibility index (Phi) is 6.50. The maximum atomic E-state index is 14.0. The smallest absolute Gasteiger partial charge is 0.342 e. The minimum Gasteiger partial charge on any atom is -0.342 e. The summed E-state index contributed by atoms with van der Waals surface area (Å²) in [5.74, 6) is -0.289. The van der Waals surface area contributed by atoms with Crippen LogP contribution < -0.4 is 0 Å². The molecule has 3 heterocycles. The molecule has 2 aromatic rings. The second kappa shape index (κ2) is 9.19. The Bertz CT molecular complexity index is 1020. The number of para-hydroxylation sites is 1. The quantitative estimate of drug-likeness (QED) is 0.683. The number of amides is 2. The monoisotopic (exact) mass is 462 g/mol. The van der Waals surface area contributed by atoms with Crippen molar-refractivity contribution >= 4 is 11.8 Å². The summed E-state index contributed by atoms with van der Waals surface area (Å²) in [7, 11) is 0. The van der Waals surface area contributed by atoms with Gasteiger partial charge in [-0.05, 0) is 50.2 Å². The number of carbonyl (C=O) groups is 2. The molecule has 4 rings (SSSR count). The van der Waals surface area contributed by atoms with Gasteiger partial charge in [0.25, 0.3) is 5.91 Å². The van der Waals surface area contributed by atoms with E-state index in [9.17, 15) is 22.8 Å². The molecular formula is C24H29F3N4O2. The zero-order valence-corrected chi connectivity index (χ0v) is 18.9. The van der Waals surface area contributed by atoms with E-state index >= 15 is 0 Å². The maximum Gasteiger partial charge on any atom is 0.434 e. The third-order valence-electron chi connectivity index (χ3n) is 6.71. The lowest BCUT2D eigenvalue weighted by atomic mass is 9.92. The van der Waals surface area contributed by atoms with Crippen LogP contribution in [0.15, 0.2) is 30.5 Å². The number of nitrogens with zero attached hydrogens (tertiary/aromatic N) is 4. The van der Waals surface area contributed by atoms with Gasteiger partial charge in [-0.3, -0.25) is 9.59 Å². The number of hydrogen-bond donors (Lipinski definition) is 0. The Morgan fingerprint density at radius 1 is 1.03 bits per heavy atom. The van der Waals surface area contributed by atoms with Gasteiger partial charge in [-0.1, -0.05) is 25.1 Å². The number of carbonyl (C=O) groups excluding carboxylic acids is 2. The van der Waals surface area contributed by atoms with Gasteiger partial charge < -0.3 is 9.80 Å². The van der Waals surface area contributed by atoms with Crippen molar-refractivity contribution in [3.63, 3.8) is 0 Å². The molecule has 6 nitrogen and oxygen atoms in total. The number of halogens is 3. The Labute approximate surface area is 191 Å². The fraction of sp³-hybridized carbons (Fsp3) is 0.542. The van der Waals surface area contributed by atoms with E-state index in [2.05, 4.69) is 12.0 Å². The average Bonchev–Trinajstić information content (AvgIpc) is 3.24. The number of piperidine rings is 2. The lowest BCUT2D eigenvalue weighted by molar-refractivity contribution is -0.143. The largest absolute Gasteiger partial charge is 0.434 e. The number of rotatable bonds is 3. The standard InChI is InChI=1S/C24H29F3N4O2/c1-16-6-5-11-30(15-16)22(32)18-9-12-29(13-10-18)23(33)19-14-28-31(21(19)24(25,26)27)20-8-4-3-7-17(20)2/h3-4,7-8,14,16,18H,5-6,9-13,15H2,1-2H3. The molecule has 1 unspecified atom stereocenters. The first kappa shape index (κ1) is 23.3. The van der Waals surface area contributed by atoms with Crippen molar-refractivity contribution in [1.29, 1.82) is 0 Å². The minimum absolute atomic E-state index is 0.108. The maximum absolute atomic E-state index is 14.0. The van der Waals surface area contributed by atoms with Gasteiger partial charge in [0, 0.05) is 32.1 Å². The molecule has 0 N–H and O–H groups in total. The second-order valence-electron chi connectivity index (χ2n) is 9.20. The summed E-state index contributed by atoms with van der Waals surface area (Å²) in [5.41, 5.74) is -0.622. The number of aryl methyl sites for hydroxylation is 1. The van der Waals surface area contributed by atoms with E-state index in [4.69, 9.17) is 0 Å². The van der Waals surface area contributed by atoms with Gasteiger partial charge in [-0.15, -0.1) is 0 Å². The van der Waals surface area contributed by atoms with Crippen LogP contribution >= 0.6 is 0 Å². The van der Waals surface area contributed by atoms with Gasteiger partial charge in [0.2, 0.25) is 5.91 Å². The van der Waals surface area contributed by atoms with Crippen molar-refractivity contribution in [2.75, 3.05) is 26.2 Å². The molecule has 1 aromatic heterocycles. The molecule has 0 bridgehead atoms. The van der Waals surface area contributed by atoms with Crippen molar-refractivity contribution in [2.24, 2.45) is 11.8 Å². The summed E-state index contributed by atoms with van der Waals surface area (Å²) in [6.45, 7) is 5.86. The summed E-state index contributed by atoms with van der Waals surface area (Å²) < 4.78 is 42.8. The highest BCUT2D eigenvalue weighted by Gasteiger charge is 2.42. The molecule has 1 aromatic carbocycles. The summed E-state index contributed by atoms with van der Waals surface area (Å²) in [4.78, 5) is 29.3. The summed E-state index contributed by atoms with van der Waals surface area (Å²) in [6.07, 6.45) is -0.706. The van der Waals surface area contributed by atoms with E-state index in [1.165, 1.54) is 4.90 Å². The van der Waals surface area contributed by atoms with E-state index in [0.717, 1.165) is 36.8 Å². The SMILES string of the molecule is Cc1ccccc1-n1ncc(C(=O)N2CCC(C(=O)N3CCCC(C)C3)CC2)c1C(F)(F)F. The highest BCUT2D eigenvalue weighted by molar-refractivity contribution is 5.95. The van der Waals surface area contributed by atoms with Crippen LogP contribution in [0.5, 0.6) is 0 Å². The van der Waals surface area contributed by atoms with Gasteiger partial charge >= 0.3 is 6.18 Å². The molecule has 2 aliphatic rings. The van der Waals surface area contributed by atoms with Gasteiger partial charge in [0.15, 0.2) is 5.69 Å². The molecule has 9 heteroatoms. The zero-order valence-electron chi connectivity index (χ0n) is 18.9. The van der Waals surface area contributed by atoms with Crippen molar-refractivity contribution in [3.05, 3.63) is 47.3 Å². The summed E-state index contributed by atoms with van der Waals surface area (Å²) >= 11 is 0. The van der Waals surface area contributed by atoms with Crippen molar-refractivity contribution in [1.82, 2.24) is 19.6 Å². The van der Waals surface area contributed by atoms with Crippen LogP contribution in [0.3, 0.4) is 0 Å². The topological polar surface area (TPSA) is 58.4 Å². The first-order valence-electron chi connectivity index (χ1n) is 11.5. The van der Waals surface area contributed by atoms with Crippen LogP contribution in [-0.2, 0) is 11.0 Å². The van der Waals surface area contributed by atoms with E-state index in [-0.39, 0.29) is 30.6 Å². The molecule has 0 aliphatic carbocycles. The van der Waals surface area contributed by atoms with Crippen LogP contribution in [0.1, 0.15) is 54.2 Å². The highest BCUT2D eigenvalue weighted by atomic mass is 19.4. The summed E-state index contributed by atoms with van der Waals surface area (Å²) in [6, 6.07) is 6.61. The third-order valence-corrected chi connectivity index (χ3v) is 6.71. The second-order valence-corrected chi connectivity index (χ2v) is 9.20. The number of alkyl halides is 3. The van der Waals surface area contributed by atoms with Gasteiger partial charge in [0.05, 0.1) is 17.4 Å². The Hall–Kier alpha value is -2.84. The molecule has 0 spiro atoms. The number of hydrogen-bond acceptors (Lipinski definition) is 3. The normalized spacial score (nSPS) is 20.2. The average molecular weight is 463 g/mol. The van der Waals surface area contributed by atoms with Crippen molar-refractivity contribution in [3.8, 4) is 5.69 Å². The third kappa shape index (κ3) is 4.77. The fourth-order valence-corrected chi connectivity index (χ4v) is 4.91. The Balaban J connectivity index is 1.50. The predicted octanol–water partition coefficient (Wildman–Crippen LogP) is 4.31. The highest BCUT2D eigenvalue weighted by Crippen LogP contribution is 2.35.